The van der Waals surface area contributed by atoms with Gasteiger partial charge in [0, 0.05) is 26.7 Å². The van der Waals surface area contributed by atoms with Crippen LogP contribution in [0.15, 0.2) is 0 Å². The molecule has 0 aromatic carbocycles. The van der Waals surface area contributed by atoms with Gasteiger partial charge in [0.1, 0.15) is 11.0 Å². The molecule has 22 heavy (non-hydrogen) atoms. The van der Waals surface area contributed by atoms with Crippen molar-refractivity contribution in [1.29, 1.82) is 0 Å². The molecular formula is C15H27ClN2O4. The fourth-order valence-electron chi connectivity index (χ4n) is 2.41. The quantitative estimate of drug-likeness (QED) is 0.799. The average Bonchev–Trinajstić information content (AvgIpc) is 2.35. The summed E-state index contributed by atoms with van der Waals surface area (Å²) < 4.78 is 5.32. The second-order valence-electron chi connectivity index (χ2n) is 7.00. The van der Waals surface area contributed by atoms with E-state index in [-0.39, 0.29) is 18.5 Å². The predicted molar refractivity (Wildman–Crippen MR) is 84.9 cm³/mol. The molecule has 1 unspecified atom stereocenters. The number of aliphatic hydroxyl groups is 1. The first kappa shape index (κ1) is 19.0. The fraction of sp³-hybridized carbons (Fsp3) is 0.867. The number of ether oxygens (including phenoxy) is 1. The topological polar surface area (TPSA) is 70.1 Å². The number of amides is 2. The lowest BCUT2D eigenvalue weighted by molar-refractivity contribution is -0.134. The number of carbonyl (C=O) groups excluding carboxylic acids is 2. The van der Waals surface area contributed by atoms with Crippen molar-refractivity contribution in [3.63, 3.8) is 0 Å². The SMILES string of the molecule is CC(Cl)C(=O)N(C)CC1(O)CCN(C(=O)OC(C)(C)C)CC1. The minimum absolute atomic E-state index is 0.213. The van der Waals surface area contributed by atoms with E-state index in [4.69, 9.17) is 16.3 Å². The van der Waals surface area contributed by atoms with E-state index in [0.717, 1.165) is 0 Å². The molecule has 1 saturated heterocycles. The van der Waals surface area contributed by atoms with Crippen LogP contribution < -0.4 is 0 Å². The summed E-state index contributed by atoms with van der Waals surface area (Å²) in [7, 11) is 1.62. The molecule has 1 aliphatic heterocycles. The van der Waals surface area contributed by atoms with Gasteiger partial charge < -0.3 is 19.6 Å². The maximum atomic E-state index is 12.0. The highest BCUT2D eigenvalue weighted by Crippen LogP contribution is 2.24. The number of hydrogen-bond acceptors (Lipinski definition) is 4. The van der Waals surface area contributed by atoms with Crippen LogP contribution in [0.4, 0.5) is 4.79 Å². The van der Waals surface area contributed by atoms with E-state index >= 15 is 0 Å². The lowest BCUT2D eigenvalue weighted by Crippen LogP contribution is -2.53. The zero-order valence-corrected chi connectivity index (χ0v) is 14.8. The molecule has 7 heteroatoms. The summed E-state index contributed by atoms with van der Waals surface area (Å²) in [5, 5.41) is 9.97. The molecule has 0 spiro atoms. The van der Waals surface area contributed by atoms with Gasteiger partial charge in [-0.25, -0.2) is 4.79 Å². The van der Waals surface area contributed by atoms with Crippen molar-refractivity contribution in [1.82, 2.24) is 9.80 Å². The number of halogens is 1. The van der Waals surface area contributed by atoms with E-state index in [0.29, 0.717) is 25.9 Å². The van der Waals surface area contributed by atoms with Crippen LogP contribution in [0, 0.1) is 0 Å². The van der Waals surface area contributed by atoms with Gasteiger partial charge in [0.2, 0.25) is 5.91 Å². The number of carbonyl (C=O) groups is 2. The Labute approximate surface area is 137 Å². The largest absolute Gasteiger partial charge is 0.444 e. The third-order valence-corrected chi connectivity index (χ3v) is 3.78. The molecule has 0 radical (unpaired) electrons. The smallest absolute Gasteiger partial charge is 0.410 e. The number of likely N-dealkylation sites (tertiary alicyclic amines) is 1. The van der Waals surface area contributed by atoms with E-state index in [1.807, 2.05) is 20.8 Å². The average molecular weight is 335 g/mol. The van der Waals surface area contributed by atoms with Gasteiger partial charge in [-0.1, -0.05) is 0 Å². The van der Waals surface area contributed by atoms with Crippen LogP contribution in [0.1, 0.15) is 40.5 Å². The van der Waals surface area contributed by atoms with Gasteiger partial charge in [0.05, 0.1) is 5.60 Å². The monoisotopic (exact) mass is 334 g/mol. The van der Waals surface area contributed by atoms with Crippen molar-refractivity contribution < 1.29 is 19.4 Å². The van der Waals surface area contributed by atoms with Crippen molar-refractivity contribution in [3.8, 4) is 0 Å². The zero-order chi connectivity index (χ0) is 17.1. The van der Waals surface area contributed by atoms with Crippen LogP contribution in [-0.4, -0.2) is 70.2 Å². The second-order valence-corrected chi connectivity index (χ2v) is 7.66. The standard InChI is InChI=1S/C15H27ClN2O4/c1-11(16)12(19)17(5)10-15(21)6-8-18(9-7-15)13(20)22-14(2,3)4/h11,21H,6-10H2,1-5H3. The first-order valence-electron chi connectivity index (χ1n) is 7.53. The third-order valence-electron chi connectivity index (χ3n) is 3.59. The third kappa shape index (κ3) is 5.65. The van der Waals surface area contributed by atoms with Crippen molar-refractivity contribution in [2.75, 3.05) is 26.7 Å². The van der Waals surface area contributed by atoms with Crippen molar-refractivity contribution >= 4 is 23.6 Å². The highest BCUT2D eigenvalue weighted by Gasteiger charge is 2.37. The van der Waals surface area contributed by atoms with Gasteiger partial charge >= 0.3 is 6.09 Å². The maximum absolute atomic E-state index is 12.0. The zero-order valence-electron chi connectivity index (χ0n) is 14.1. The lowest BCUT2D eigenvalue weighted by Gasteiger charge is -2.40. The maximum Gasteiger partial charge on any atom is 0.410 e. The molecule has 2 amide bonds. The molecule has 1 atom stereocenters. The Bertz CT molecular complexity index is 412. The highest BCUT2D eigenvalue weighted by molar-refractivity contribution is 6.30. The molecule has 0 aromatic heterocycles. The number of rotatable bonds is 3. The normalized spacial score (nSPS) is 19.5. The van der Waals surface area contributed by atoms with Crippen molar-refractivity contribution in [3.05, 3.63) is 0 Å². The van der Waals surface area contributed by atoms with Crippen molar-refractivity contribution in [2.24, 2.45) is 0 Å². The predicted octanol–water partition coefficient (Wildman–Crippen LogP) is 1.83. The summed E-state index contributed by atoms with van der Waals surface area (Å²) in [4.78, 5) is 26.8. The summed E-state index contributed by atoms with van der Waals surface area (Å²) in [5.74, 6) is -0.218. The summed E-state index contributed by atoms with van der Waals surface area (Å²) in [6.07, 6.45) is 0.439. The number of likely N-dealkylation sites (N-methyl/N-ethyl adjacent to an activating group) is 1. The molecule has 1 aliphatic rings. The van der Waals surface area contributed by atoms with E-state index in [2.05, 4.69) is 0 Å². The Kier molecular flexibility index (Phi) is 6.10. The Hall–Kier alpha value is -1.01. The van der Waals surface area contributed by atoms with Gasteiger partial charge in [0.15, 0.2) is 0 Å². The minimum atomic E-state index is -0.991. The molecule has 0 saturated carbocycles. The van der Waals surface area contributed by atoms with Crippen LogP contribution in [0.25, 0.3) is 0 Å². The molecular weight excluding hydrogens is 308 g/mol. The summed E-state index contributed by atoms with van der Waals surface area (Å²) in [6.45, 7) is 8.09. The lowest BCUT2D eigenvalue weighted by atomic mass is 9.91. The van der Waals surface area contributed by atoms with Crippen LogP contribution >= 0.6 is 11.6 Å². The number of piperidine rings is 1. The molecule has 6 nitrogen and oxygen atoms in total. The van der Waals surface area contributed by atoms with Gasteiger partial charge in [0.25, 0.3) is 0 Å². The molecule has 0 bridgehead atoms. The van der Waals surface area contributed by atoms with E-state index in [1.54, 1.807) is 18.9 Å². The summed E-state index contributed by atoms with van der Waals surface area (Å²) >= 11 is 5.77. The Morgan fingerprint density at radius 2 is 1.86 bits per heavy atom. The first-order chi connectivity index (χ1) is 9.93. The van der Waals surface area contributed by atoms with Gasteiger partial charge in [-0.15, -0.1) is 11.6 Å². The van der Waals surface area contributed by atoms with Crippen molar-refractivity contribution in [2.45, 2.75) is 57.1 Å². The molecule has 0 aliphatic carbocycles. The van der Waals surface area contributed by atoms with E-state index < -0.39 is 16.6 Å². The summed E-state index contributed by atoms with van der Waals surface area (Å²) in [5.41, 5.74) is -1.53. The molecule has 1 heterocycles. The van der Waals surface area contributed by atoms with Gasteiger partial charge in [-0.05, 0) is 40.5 Å². The van der Waals surface area contributed by atoms with E-state index in [1.165, 1.54) is 4.90 Å². The number of alkyl halides is 1. The highest BCUT2D eigenvalue weighted by atomic mass is 35.5. The molecule has 1 rings (SSSR count). The molecule has 1 fully saturated rings. The summed E-state index contributed by atoms with van der Waals surface area (Å²) in [6, 6.07) is 0. The van der Waals surface area contributed by atoms with Gasteiger partial charge in [-0.3, -0.25) is 4.79 Å². The van der Waals surface area contributed by atoms with Crippen LogP contribution in [0.2, 0.25) is 0 Å². The Morgan fingerprint density at radius 1 is 1.36 bits per heavy atom. The van der Waals surface area contributed by atoms with Crippen LogP contribution in [-0.2, 0) is 9.53 Å². The number of nitrogens with zero attached hydrogens (tertiary/aromatic N) is 2. The van der Waals surface area contributed by atoms with Crippen LogP contribution in [0.3, 0.4) is 0 Å². The molecule has 1 N–H and O–H groups in total. The van der Waals surface area contributed by atoms with E-state index in [9.17, 15) is 14.7 Å². The second kappa shape index (κ2) is 7.04. The Morgan fingerprint density at radius 3 is 2.27 bits per heavy atom. The first-order valence-corrected chi connectivity index (χ1v) is 7.96. The van der Waals surface area contributed by atoms with Gasteiger partial charge in [-0.2, -0.15) is 0 Å². The Balaban J connectivity index is 2.53. The van der Waals surface area contributed by atoms with Crippen LogP contribution in [0.5, 0.6) is 0 Å². The fourth-order valence-corrected chi connectivity index (χ4v) is 2.58. The minimum Gasteiger partial charge on any atom is -0.444 e. The molecule has 0 aromatic rings. The molecule has 128 valence electrons. The number of hydrogen-bond donors (Lipinski definition) is 1.